The van der Waals surface area contributed by atoms with Crippen molar-refractivity contribution < 1.29 is 28.4 Å². The third-order valence-electron chi connectivity index (χ3n) is 7.19. The molecule has 0 spiro atoms. The van der Waals surface area contributed by atoms with Gasteiger partial charge in [0.15, 0.2) is 23.0 Å². The summed E-state index contributed by atoms with van der Waals surface area (Å²) in [5.41, 5.74) is 1.88. The van der Waals surface area contributed by atoms with Gasteiger partial charge in [0, 0.05) is 31.1 Å². The van der Waals surface area contributed by atoms with E-state index in [1.165, 1.54) is 19.2 Å². The second-order valence-electron chi connectivity index (χ2n) is 10.1. The second kappa shape index (κ2) is 13.0. The Hall–Kier alpha value is -3.49. The van der Waals surface area contributed by atoms with Crippen LogP contribution < -0.4 is 24.3 Å². The van der Waals surface area contributed by atoms with Crippen molar-refractivity contribution in [3.63, 3.8) is 0 Å². The molecule has 216 valence electrons. The van der Waals surface area contributed by atoms with Gasteiger partial charge in [-0.3, -0.25) is 4.90 Å². The van der Waals surface area contributed by atoms with Gasteiger partial charge in [0.2, 0.25) is 6.79 Å². The molecule has 1 saturated heterocycles. The van der Waals surface area contributed by atoms with Crippen LogP contribution in [0.15, 0.2) is 24.5 Å². The lowest BCUT2D eigenvalue weighted by Crippen LogP contribution is -2.37. The monoisotopic (exact) mass is 580 g/mol. The van der Waals surface area contributed by atoms with Crippen molar-refractivity contribution in [2.45, 2.75) is 19.3 Å². The molecule has 10 nitrogen and oxygen atoms in total. The Kier molecular flexibility index (Phi) is 8.77. The van der Waals surface area contributed by atoms with Gasteiger partial charge in [-0.1, -0.05) is 23.4 Å². The molecule has 2 aliphatic heterocycles. The molecular formula is C30H33ClN4O6. The molecule has 2 fully saturated rings. The number of hydrogen-bond acceptors (Lipinski definition) is 10. The first-order valence-corrected chi connectivity index (χ1v) is 14.3. The molecule has 1 N–H and O–H groups in total. The largest absolute Gasteiger partial charge is 0.493 e. The fraction of sp³-hybridized carbons (Fsp3) is 0.467. The number of nitrogens with zero attached hydrogens (tertiary/aromatic N) is 3. The number of methoxy groups -OCH3 is 1. The van der Waals surface area contributed by atoms with Crippen LogP contribution in [0.2, 0.25) is 5.02 Å². The summed E-state index contributed by atoms with van der Waals surface area (Å²) in [5, 5.41) is 4.49. The Labute approximate surface area is 244 Å². The minimum Gasteiger partial charge on any atom is -0.493 e. The van der Waals surface area contributed by atoms with E-state index in [0.29, 0.717) is 69.7 Å². The van der Waals surface area contributed by atoms with E-state index in [0.717, 1.165) is 51.3 Å². The van der Waals surface area contributed by atoms with Crippen LogP contribution in [-0.2, 0) is 9.47 Å². The molecule has 1 aliphatic carbocycles. The van der Waals surface area contributed by atoms with Gasteiger partial charge in [-0.2, -0.15) is 0 Å². The van der Waals surface area contributed by atoms with E-state index in [-0.39, 0.29) is 6.79 Å². The number of anilines is 2. The van der Waals surface area contributed by atoms with Gasteiger partial charge in [0.05, 0.1) is 49.6 Å². The van der Waals surface area contributed by atoms with E-state index in [4.69, 9.17) is 40.0 Å². The molecule has 3 heterocycles. The lowest BCUT2D eigenvalue weighted by atomic mass is 10.1. The van der Waals surface area contributed by atoms with Gasteiger partial charge in [-0.05, 0) is 37.3 Å². The summed E-state index contributed by atoms with van der Waals surface area (Å²) in [6, 6.07) is 5.49. The van der Waals surface area contributed by atoms with E-state index in [1.54, 1.807) is 13.2 Å². The maximum Gasteiger partial charge on any atom is 0.231 e. The molecule has 1 aromatic heterocycles. The zero-order valence-corrected chi connectivity index (χ0v) is 23.8. The van der Waals surface area contributed by atoms with Crippen molar-refractivity contribution >= 4 is 34.0 Å². The zero-order valence-electron chi connectivity index (χ0n) is 23.0. The Morgan fingerprint density at radius 3 is 2.78 bits per heavy atom. The van der Waals surface area contributed by atoms with Crippen LogP contribution in [0.5, 0.6) is 23.0 Å². The van der Waals surface area contributed by atoms with Crippen LogP contribution in [0.4, 0.5) is 11.5 Å². The highest BCUT2D eigenvalue weighted by Crippen LogP contribution is 2.47. The topological polar surface area (TPSA) is 96.4 Å². The van der Waals surface area contributed by atoms with Crippen LogP contribution in [0.3, 0.4) is 0 Å². The molecule has 3 aliphatic rings. The predicted molar refractivity (Wildman–Crippen MR) is 155 cm³/mol. The summed E-state index contributed by atoms with van der Waals surface area (Å²) in [6.07, 6.45) is 4.88. The number of aromatic nitrogens is 2. The number of morpholine rings is 1. The maximum atomic E-state index is 6.72. The normalized spacial score (nSPS) is 16.3. The van der Waals surface area contributed by atoms with E-state index >= 15 is 0 Å². The standard InChI is InChI=1S/C30H33ClN4O6/c1-36-25-15-22-24(16-26(25)39-11-3-7-35-8-12-37-13-9-35)32-18-33-30(22)34-27-23(31)14-21(28-29(27)41-19-40-28)4-2-10-38-17-20-5-6-20/h14-16,18,20H,3,5-13,17,19H2,1H3,(H,32,33,34). The summed E-state index contributed by atoms with van der Waals surface area (Å²) in [6.45, 7) is 6.22. The number of fused-ring (bicyclic) bond motifs is 2. The fourth-order valence-electron chi connectivity index (χ4n) is 4.79. The first kappa shape index (κ1) is 27.7. The summed E-state index contributed by atoms with van der Waals surface area (Å²) in [4.78, 5) is 11.3. The van der Waals surface area contributed by atoms with Gasteiger partial charge >= 0.3 is 0 Å². The zero-order chi connectivity index (χ0) is 28.0. The molecule has 1 saturated carbocycles. The van der Waals surface area contributed by atoms with Crippen LogP contribution in [-0.4, -0.2) is 81.4 Å². The van der Waals surface area contributed by atoms with Gasteiger partial charge in [0.1, 0.15) is 24.4 Å². The smallest absolute Gasteiger partial charge is 0.231 e. The van der Waals surface area contributed by atoms with Crippen LogP contribution in [0, 0.1) is 17.8 Å². The summed E-state index contributed by atoms with van der Waals surface area (Å²) >= 11 is 6.72. The summed E-state index contributed by atoms with van der Waals surface area (Å²) in [7, 11) is 1.62. The minimum atomic E-state index is 0.0712. The number of halogens is 1. The predicted octanol–water partition coefficient (Wildman–Crippen LogP) is 4.64. The molecule has 6 rings (SSSR count). The fourth-order valence-corrected chi connectivity index (χ4v) is 5.03. The van der Waals surface area contributed by atoms with Crippen molar-refractivity contribution in [1.29, 1.82) is 0 Å². The third kappa shape index (κ3) is 6.71. The van der Waals surface area contributed by atoms with Gasteiger partial charge in [-0.25, -0.2) is 9.97 Å². The van der Waals surface area contributed by atoms with Crippen LogP contribution in [0.25, 0.3) is 10.9 Å². The highest BCUT2D eigenvalue weighted by molar-refractivity contribution is 6.34. The van der Waals surface area contributed by atoms with E-state index < -0.39 is 0 Å². The first-order chi connectivity index (χ1) is 20.2. The summed E-state index contributed by atoms with van der Waals surface area (Å²) < 4.78 is 34.3. The van der Waals surface area contributed by atoms with Crippen molar-refractivity contribution in [2.75, 3.05) is 71.9 Å². The van der Waals surface area contributed by atoms with Crippen molar-refractivity contribution in [3.05, 3.63) is 35.1 Å². The lowest BCUT2D eigenvalue weighted by Gasteiger charge is -2.26. The Morgan fingerprint density at radius 1 is 1.10 bits per heavy atom. The minimum absolute atomic E-state index is 0.0712. The number of hydrogen-bond donors (Lipinski definition) is 1. The Balaban J connectivity index is 1.18. The van der Waals surface area contributed by atoms with E-state index in [9.17, 15) is 0 Å². The molecule has 3 aromatic rings. The van der Waals surface area contributed by atoms with E-state index in [2.05, 4.69) is 32.0 Å². The molecule has 0 bridgehead atoms. The van der Waals surface area contributed by atoms with Crippen molar-refractivity contribution in [2.24, 2.45) is 5.92 Å². The van der Waals surface area contributed by atoms with Gasteiger partial charge in [-0.15, -0.1) is 0 Å². The highest BCUT2D eigenvalue weighted by atomic mass is 35.5. The number of nitrogens with one attached hydrogen (secondary N) is 1. The SMILES string of the molecule is COc1cc2c(Nc3c(Cl)cc(C#CCOCC4CC4)c4c3OCO4)ncnc2cc1OCCCN1CCOCC1. The molecule has 0 amide bonds. The first-order valence-electron chi connectivity index (χ1n) is 13.9. The molecule has 41 heavy (non-hydrogen) atoms. The van der Waals surface area contributed by atoms with Crippen molar-refractivity contribution in [1.82, 2.24) is 14.9 Å². The molecule has 0 radical (unpaired) electrons. The van der Waals surface area contributed by atoms with Crippen LogP contribution >= 0.6 is 11.6 Å². The quantitative estimate of drug-likeness (QED) is 0.255. The van der Waals surface area contributed by atoms with Crippen LogP contribution in [0.1, 0.15) is 24.8 Å². The van der Waals surface area contributed by atoms with Crippen molar-refractivity contribution in [3.8, 4) is 34.8 Å². The number of benzene rings is 2. The Bertz CT molecular complexity index is 1450. The molecule has 11 heteroatoms. The number of ether oxygens (including phenoxy) is 6. The van der Waals surface area contributed by atoms with Gasteiger partial charge < -0.3 is 33.7 Å². The second-order valence-corrected chi connectivity index (χ2v) is 10.5. The highest BCUT2D eigenvalue weighted by Gasteiger charge is 2.26. The molecule has 0 unspecified atom stereocenters. The molecule has 2 aromatic carbocycles. The molecule has 0 atom stereocenters. The number of rotatable bonds is 11. The van der Waals surface area contributed by atoms with Gasteiger partial charge in [0.25, 0.3) is 0 Å². The molecular weight excluding hydrogens is 548 g/mol. The average Bonchev–Trinajstić information content (AvgIpc) is 3.69. The lowest BCUT2D eigenvalue weighted by molar-refractivity contribution is 0.0357. The Morgan fingerprint density at radius 2 is 1.95 bits per heavy atom. The average molecular weight is 581 g/mol. The maximum absolute atomic E-state index is 6.72. The third-order valence-corrected chi connectivity index (χ3v) is 7.48. The van der Waals surface area contributed by atoms with E-state index in [1.807, 2.05) is 12.1 Å². The summed E-state index contributed by atoms with van der Waals surface area (Å²) in [5.74, 6) is 9.63.